The van der Waals surface area contributed by atoms with Gasteiger partial charge in [0.1, 0.15) is 18.0 Å². The van der Waals surface area contributed by atoms with Crippen LogP contribution in [0.2, 0.25) is 0 Å². The van der Waals surface area contributed by atoms with E-state index in [1.807, 2.05) is 0 Å². The molecule has 1 saturated carbocycles. The average Bonchev–Trinajstić information content (AvgIpc) is 2.36. The third kappa shape index (κ3) is 7.68. The smallest absolute Gasteiger partial charge is 0.408 e. The topological polar surface area (TPSA) is 81.7 Å². The van der Waals surface area contributed by atoms with Gasteiger partial charge in [-0.3, -0.25) is 4.79 Å². The maximum atomic E-state index is 11.8. The van der Waals surface area contributed by atoms with Crippen molar-refractivity contribution >= 4 is 18.3 Å². The summed E-state index contributed by atoms with van der Waals surface area (Å²) in [6.07, 6.45) is 4.62. The van der Waals surface area contributed by atoms with E-state index in [9.17, 15) is 14.4 Å². The van der Waals surface area contributed by atoms with Crippen molar-refractivity contribution in [2.45, 2.75) is 77.0 Å². The number of esters is 1. The number of nitrogens with one attached hydrogen (secondary N) is 1. The first-order chi connectivity index (χ1) is 9.80. The summed E-state index contributed by atoms with van der Waals surface area (Å²) in [4.78, 5) is 34.3. The fourth-order valence-corrected chi connectivity index (χ4v) is 2.19. The summed E-state index contributed by atoms with van der Waals surface area (Å²) >= 11 is 0. The first kappa shape index (κ1) is 17.5. The lowest BCUT2D eigenvalue weighted by Crippen LogP contribution is -2.41. The van der Waals surface area contributed by atoms with Gasteiger partial charge < -0.3 is 19.6 Å². The Hall–Kier alpha value is -1.59. The van der Waals surface area contributed by atoms with Gasteiger partial charge in [-0.2, -0.15) is 0 Å². The zero-order chi connectivity index (χ0) is 15.9. The minimum atomic E-state index is -0.920. The fourth-order valence-electron chi connectivity index (χ4n) is 2.19. The lowest BCUT2D eigenvalue weighted by Gasteiger charge is -2.23. The molecule has 0 aromatic carbocycles. The third-order valence-electron chi connectivity index (χ3n) is 3.10. The number of carbonyl (C=O) groups is 3. The predicted octanol–water partition coefficient (Wildman–Crippen LogP) is 2.34. The van der Waals surface area contributed by atoms with Crippen LogP contribution in [0, 0.1) is 0 Å². The Bertz CT molecular complexity index is 369. The molecule has 1 atom stereocenters. The highest BCUT2D eigenvalue weighted by Crippen LogP contribution is 2.20. The molecular weight excluding hydrogens is 274 g/mol. The molecule has 1 N–H and O–H groups in total. The number of alkyl carbamates (subject to hydrolysis) is 1. The molecule has 0 heterocycles. The molecule has 0 bridgehead atoms. The van der Waals surface area contributed by atoms with E-state index in [4.69, 9.17) is 9.47 Å². The van der Waals surface area contributed by atoms with Crippen molar-refractivity contribution in [1.82, 2.24) is 5.32 Å². The van der Waals surface area contributed by atoms with Gasteiger partial charge in [0.25, 0.3) is 0 Å². The van der Waals surface area contributed by atoms with E-state index in [1.54, 1.807) is 20.8 Å². The second kappa shape index (κ2) is 8.00. The molecule has 1 fully saturated rings. The van der Waals surface area contributed by atoms with E-state index in [0.717, 1.165) is 25.7 Å². The Labute approximate surface area is 125 Å². The molecule has 1 rings (SSSR count). The molecule has 1 amide bonds. The zero-order valence-electron chi connectivity index (χ0n) is 13.0. The average molecular weight is 299 g/mol. The molecule has 0 aliphatic heterocycles. The molecule has 6 nitrogen and oxygen atoms in total. The van der Waals surface area contributed by atoms with Gasteiger partial charge in [-0.25, -0.2) is 4.79 Å². The van der Waals surface area contributed by atoms with Crippen molar-refractivity contribution in [3.63, 3.8) is 0 Å². The van der Waals surface area contributed by atoms with Crippen molar-refractivity contribution < 1.29 is 23.9 Å². The van der Waals surface area contributed by atoms with Gasteiger partial charge in [0.05, 0.1) is 12.5 Å². The van der Waals surface area contributed by atoms with Crippen LogP contribution < -0.4 is 5.32 Å². The molecule has 1 aliphatic rings. The molecule has 0 spiro atoms. The number of ether oxygens (including phenoxy) is 2. The van der Waals surface area contributed by atoms with Crippen molar-refractivity contribution in [3.05, 3.63) is 0 Å². The maximum Gasteiger partial charge on any atom is 0.408 e. The van der Waals surface area contributed by atoms with E-state index in [-0.39, 0.29) is 12.5 Å². The molecule has 120 valence electrons. The number of carbonyl (C=O) groups excluding carboxylic acids is 3. The summed E-state index contributed by atoms with van der Waals surface area (Å²) in [6.45, 7) is 5.17. The number of rotatable bonds is 5. The summed E-state index contributed by atoms with van der Waals surface area (Å²) in [5.74, 6) is -0.463. The quantitative estimate of drug-likeness (QED) is 0.622. The second-order valence-electron chi connectivity index (χ2n) is 6.34. The minimum Gasteiger partial charge on any atom is -0.462 e. The molecular formula is C15H25NO5. The van der Waals surface area contributed by atoms with E-state index >= 15 is 0 Å². The Balaban J connectivity index is 2.36. The van der Waals surface area contributed by atoms with Crippen molar-refractivity contribution in [1.29, 1.82) is 0 Å². The SMILES string of the molecule is CC(C)(C)OC(=O)N[C@H](C=O)CC(=O)OC1CCCCC1. The Morgan fingerprint density at radius 3 is 2.38 bits per heavy atom. The normalized spacial score (nSPS) is 17.7. The highest BCUT2D eigenvalue weighted by molar-refractivity contribution is 5.79. The van der Waals surface area contributed by atoms with Crippen LogP contribution in [0.25, 0.3) is 0 Å². The van der Waals surface area contributed by atoms with Gasteiger partial charge in [0, 0.05) is 0 Å². The Morgan fingerprint density at radius 1 is 1.24 bits per heavy atom. The van der Waals surface area contributed by atoms with Crippen LogP contribution >= 0.6 is 0 Å². The Kier molecular flexibility index (Phi) is 6.65. The van der Waals surface area contributed by atoms with Crippen LogP contribution in [-0.4, -0.2) is 36.1 Å². The number of hydrogen-bond donors (Lipinski definition) is 1. The minimum absolute atomic E-state index is 0.0555. The van der Waals surface area contributed by atoms with Gasteiger partial charge in [0.15, 0.2) is 0 Å². The highest BCUT2D eigenvalue weighted by Gasteiger charge is 2.23. The molecule has 0 aromatic rings. The second-order valence-corrected chi connectivity index (χ2v) is 6.34. The van der Waals surface area contributed by atoms with E-state index in [1.165, 1.54) is 6.42 Å². The summed E-state index contributed by atoms with van der Waals surface area (Å²) < 4.78 is 10.4. The van der Waals surface area contributed by atoms with Crippen molar-refractivity contribution in [2.24, 2.45) is 0 Å². The number of aldehydes is 1. The largest absolute Gasteiger partial charge is 0.462 e. The lowest BCUT2D eigenvalue weighted by atomic mass is 9.98. The standard InChI is InChI=1S/C15H25NO5/c1-15(2,3)21-14(19)16-11(10-17)9-13(18)20-12-7-5-4-6-8-12/h10-12H,4-9H2,1-3H3,(H,16,19)/t11-/m0/s1. The van der Waals surface area contributed by atoms with E-state index in [2.05, 4.69) is 5.32 Å². The van der Waals surface area contributed by atoms with Crippen LogP contribution in [-0.2, 0) is 19.1 Å². The van der Waals surface area contributed by atoms with E-state index in [0.29, 0.717) is 6.29 Å². The first-order valence-corrected chi connectivity index (χ1v) is 7.44. The fraction of sp³-hybridized carbons (Fsp3) is 0.800. The number of amides is 1. The zero-order valence-corrected chi connectivity index (χ0v) is 13.0. The van der Waals surface area contributed by atoms with Crippen LogP contribution in [0.3, 0.4) is 0 Å². The van der Waals surface area contributed by atoms with Gasteiger partial charge in [0.2, 0.25) is 0 Å². The molecule has 0 radical (unpaired) electrons. The molecule has 6 heteroatoms. The van der Waals surface area contributed by atoms with Crippen molar-refractivity contribution in [2.75, 3.05) is 0 Å². The molecule has 21 heavy (non-hydrogen) atoms. The molecule has 1 aliphatic carbocycles. The van der Waals surface area contributed by atoms with Crippen LogP contribution in [0.1, 0.15) is 59.3 Å². The van der Waals surface area contributed by atoms with Gasteiger partial charge in [-0.05, 0) is 46.5 Å². The predicted molar refractivity (Wildman–Crippen MR) is 76.8 cm³/mol. The van der Waals surface area contributed by atoms with Crippen LogP contribution in [0.4, 0.5) is 4.79 Å². The molecule has 0 saturated heterocycles. The van der Waals surface area contributed by atoms with Gasteiger partial charge in [-0.1, -0.05) is 6.42 Å². The molecule has 0 aromatic heterocycles. The summed E-state index contributed by atoms with van der Waals surface area (Å²) in [6, 6.07) is -0.920. The third-order valence-corrected chi connectivity index (χ3v) is 3.10. The van der Waals surface area contributed by atoms with E-state index < -0.39 is 23.7 Å². The monoisotopic (exact) mass is 299 g/mol. The van der Waals surface area contributed by atoms with Crippen LogP contribution in [0.5, 0.6) is 0 Å². The van der Waals surface area contributed by atoms with Gasteiger partial charge in [-0.15, -0.1) is 0 Å². The Morgan fingerprint density at radius 2 is 1.86 bits per heavy atom. The highest BCUT2D eigenvalue weighted by atomic mass is 16.6. The summed E-state index contributed by atoms with van der Waals surface area (Å²) in [5, 5.41) is 2.36. The summed E-state index contributed by atoms with van der Waals surface area (Å²) in [7, 11) is 0. The van der Waals surface area contributed by atoms with Gasteiger partial charge >= 0.3 is 12.1 Å². The summed E-state index contributed by atoms with van der Waals surface area (Å²) in [5.41, 5.74) is -0.653. The maximum absolute atomic E-state index is 11.8. The first-order valence-electron chi connectivity index (χ1n) is 7.44. The van der Waals surface area contributed by atoms with Crippen molar-refractivity contribution in [3.8, 4) is 0 Å². The van der Waals surface area contributed by atoms with Crippen LogP contribution in [0.15, 0.2) is 0 Å². The lowest BCUT2D eigenvalue weighted by molar-refractivity contribution is -0.151. The molecule has 0 unspecified atom stereocenters. The number of hydrogen-bond acceptors (Lipinski definition) is 5.